The number of allylic oxidation sites excluding steroid dienone is 1. The molecule has 0 aliphatic heterocycles. The van der Waals surface area contributed by atoms with Crippen molar-refractivity contribution < 1.29 is 9.47 Å². The molecule has 7 nitrogen and oxygen atoms in total. The molecule has 0 unspecified atom stereocenters. The number of rotatable bonds is 6. The Labute approximate surface area is 139 Å². The Morgan fingerprint density at radius 1 is 1.25 bits per heavy atom. The fourth-order valence-corrected chi connectivity index (χ4v) is 2.15. The Bertz CT molecular complexity index is 840. The number of ether oxygens (including phenoxy) is 2. The maximum Gasteiger partial charge on any atom is 0.163 e. The first-order valence-corrected chi connectivity index (χ1v) is 7.40. The Hall–Kier alpha value is -3.45. The van der Waals surface area contributed by atoms with Crippen LogP contribution >= 0.6 is 0 Å². The third-order valence-electron chi connectivity index (χ3n) is 3.17. The maximum atomic E-state index is 9.41. The first kappa shape index (κ1) is 16.9. The van der Waals surface area contributed by atoms with Crippen molar-refractivity contribution in [3.63, 3.8) is 0 Å². The van der Waals surface area contributed by atoms with Gasteiger partial charge in [-0.3, -0.25) is 5.10 Å². The third kappa shape index (κ3) is 3.47. The van der Waals surface area contributed by atoms with Crippen LogP contribution in [0.5, 0.6) is 11.5 Å². The summed E-state index contributed by atoms with van der Waals surface area (Å²) in [5.74, 6) is 1.30. The maximum absolute atomic E-state index is 9.41. The molecule has 0 saturated heterocycles. The molecule has 0 aliphatic rings. The highest BCUT2D eigenvalue weighted by Gasteiger charge is 2.15. The predicted octanol–water partition coefficient (Wildman–Crippen LogP) is 2.73. The third-order valence-corrected chi connectivity index (χ3v) is 3.17. The fraction of sp³-hybridized carbons (Fsp3) is 0.235. The summed E-state index contributed by atoms with van der Waals surface area (Å²) in [7, 11) is 0. The zero-order valence-corrected chi connectivity index (χ0v) is 13.5. The molecule has 1 aromatic carbocycles. The molecule has 122 valence electrons. The van der Waals surface area contributed by atoms with Crippen LogP contribution in [-0.2, 0) is 0 Å². The molecule has 1 aromatic heterocycles. The van der Waals surface area contributed by atoms with Gasteiger partial charge in [0, 0.05) is 0 Å². The molecule has 0 bridgehead atoms. The molecule has 1 heterocycles. The van der Waals surface area contributed by atoms with Gasteiger partial charge in [-0.25, -0.2) is 0 Å². The van der Waals surface area contributed by atoms with Crippen LogP contribution < -0.4 is 15.2 Å². The number of hydrogen-bond acceptors (Lipinski definition) is 6. The molecule has 0 radical (unpaired) electrons. The molecule has 3 N–H and O–H groups in total. The number of nitrogens with zero attached hydrogens (tertiary/aromatic N) is 3. The minimum Gasteiger partial charge on any atom is -0.490 e. The number of nitrogens with two attached hydrogens (primary N) is 1. The smallest absolute Gasteiger partial charge is 0.163 e. The van der Waals surface area contributed by atoms with Crippen molar-refractivity contribution >= 4 is 17.5 Å². The molecule has 0 atom stereocenters. The zero-order chi connectivity index (χ0) is 17.5. The minimum atomic E-state index is 0.0651. The van der Waals surface area contributed by atoms with Crippen molar-refractivity contribution in [2.75, 3.05) is 18.9 Å². The van der Waals surface area contributed by atoms with E-state index >= 15 is 0 Å². The van der Waals surface area contributed by atoms with Gasteiger partial charge < -0.3 is 15.2 Å². The molecule has 0 saturated carbocycles. The second-order valence-corrected chi connectivity index (χ2v) is 4.71. The van der Waals surface area contributed by atoms with Crippen molar-refractivity contribution in [1.82, 2.24) is 10.2 Å². The Kier molecular flexibility index (Phi) is 5.43. The lowest BCUT2D eigenvalue weighted by atomic mass is 10.1. The van der Waals surface area contributed by atoms with Gasteiger partial charge in [0.15, 0.2) is 17.3 Å². The van der Waals surface area contributed by atoms with Gasteiger partial charge in [0.2, 0.25) is 0 Å². The van der Waals surface area contributed by atoms with Crippen LogP contribution in [-0.4, -0.2) is 23.4 Å². The molecular weight excluding hydrogens is 306 g/mol. The van der Waals surface area contributed by atoms with Crippen molar-refractivity contribution in [3.05, 3.63) is 35.0 Å². The number of hydrogen-bond donors (Lipinski definition) is 2. The molecule has 0 fully saturated rings. The molecule has 0 spiro atoms. The first-order chi connectivity index (χ1) is 11.6. The lowest BCUT2D eigenvalue weighted by molar-refractivity contribution is 0.287. The van der Waals surface area contributed by atoms with Crippen molar-refractivity contribution in [3.8, 4) is 23.6 Å². The minimum absolute atomic E-state index is 0.0651. The van der Waals surface area contributed by atoms with Crippen LogP contribution in [0.1, 0.15) is 30.7 Å². The van der Waals surface area contributed by atoms with E-state index in [1.54, 1.807) is 24.3 Å². The second-order valence-electron chi connectivity index (χ2n) is 4.71. The van der Waals surface area contributed by atoms with E-state index in [1.807, 2.05) is 19.9 Å². The topological polar surface area (TPSA) is 121 Å². The lowest BCUT2D eigenvalue weighted by Gasteiger charge is -2.11. The van der Waals surface area contributed by atoms with Gasteiger partial charge in [-0.2, -0.15) is 15.6 Å². The average molecular weight is 323 g/mol. The first-order valence-electron chi connectivity index (χ1n) is 7.40. The Balaban J connectivity index is 2.46. The second kappa shape index (κ2) is 7.70. The highest BCUT2D eigenvalue weighted by Crippen LogP contribution is 2.30. The number of nitrogens with one attached hydrogen (secondary N) is 1. The van der Waals surface area contributed by atoms with E-state index in [1.165, 1.54) is 0 Å². The number of nitrogen functional groups attached to an aromatic ring is 1. The summed E-state index contributed by atoms with van der Waals surface area (Å²) in [6.45, 7) is 4.79. The number of aromatic amines is 1. The molecule has 0 amide bonds. The van der Waals surface area contributed by atoms with Gasteiger partial charge in [-0.15, -0.1) is 0 Å². The molecule has 0 aliphatic carbocycles. The van der Waals surface area contributed by atoms with E-state index < -0.39 is 0 Å². The van der Waals surface area contributed by atoms with Gasteiger partial charge >= 0.3 is 0 Å². The summed E-state index contributed by atoms with van der Waals surface area (Å²) in [4.78, 5) is 0. The summed E-state index contributed by atoms with van der Waals surface area (Å²) in [5, 5.41) is 25.0. The average Bonchev–Trinajstić information content (AvgIpc) is 2.95. The van der Waals surface area contributed by atoms with Crippen LogP contribution in [0.2, 0.25) is 0 Å². The summed E-state index contributed by atoms with van der Waals surface area (Å²) >= 11 is 0. The van der Waals surface area contributed by atoms with Crippen molar-refractivity contribution in [1.29, 1.82) is 10.5 Å². The van der Waals surface area contributed by atoms with E-state index in [4.69, 9.17) is 20.5 Å². The van der Waals surface area contributed by atoms with E-state index in [0.717, 1.165) is 5.56 Å². The van der Waals surface area contributed by atoms with Gasteiger partial charge in [-0.05, 0) is 37.6 Å². The quantitative estimate of drug-likeness (QED) is 0.788. The highest BCUT2D eigenvalue weighted by atomic mass is 16.5. The number of nitriles is 2. The van der Waals surface area contributed by atoms with E-state index in [-0.39, 0.29) is 17.0 Å². The Morgan fingerprint density at radius 3 is 2.58 bits per heavy atom. The van der Waals surface area contributed by atoms with Crippen molar-refractivity contribution in [2.24, 2.45) is 0 Å². The molecule has 2 aromatic rings. The summed E-state index contributed by atoms with van der Waals surface area (Å²) in [5.41, 5.74) is 7.05. The molecular formula is C17H17N5O2. The zero-order valence-electron chi connectivity index (χ0n) is 13.5. The van der Waals surface area contributed by atoms with Crippen molar-refractivity contribution in [2.45, 2.75) is 13.8 Å². The monoisotopic (exact) mass is 323 g/mol. The van der Waals surface area contributed by atoms with Gasteiger partial charge in [0.1, 0.15) is 17.7 Å². The number of aromatic nitrogens is 2. The van der Waals surface area contributed by atoms with Crippen LogP contribution in [0, 0.1) is 22.7 Å². The SMILES string of the molecule is CCOc1ccc(/C=C(/C#N)c2[nH]nc(N)c2C#N)cc1OCC. The predicted molar refractivity (Wildman–Crippen MR) is 90.0 cm³/mol. The van der Waals surface area contributed by atoms with Gasteiger partial charge in [0.05, 0.1) is 24.5 Å². The number of anilines is 1. The molecule has 7 heteroatoms. The van der Waals surface area contributed by atoms with Gasteiger partial charge in [-0.1, -0.05) is 6.07 Å². The normalized spacial score (nSPS) is 10.8. The van der Waals surface area contributed by atoms with E-state index in [9.17, 15) is 5.26 Å². The van der Waals surface area contributed by atoms with Crippen LogP contribution in [0.25, 0.3) is 11.6 Å². The standard InChI is InChI=1S/C17H17N5O2/c1-3-23-14-6-5-11(8-15(14)24-4-2)7-12(9-18)16-13(10-19)17(20)22-21-16/h5-8H,3-4H2,1-2H3,(H3,20,21,22)/b12-7-. The summed E-state index contributed by atoms with van der Waals surface area (Å²) in [6, 6.07) is 9.36. The highest BCUT2D eigenvalue weighted by molar-refractivity contribution is 5.91. The molecule has 2 rings (SSSR count). The van der Waals surface area contributed by atoms with Crippen LogP contribution in [0.3, 0.4) is 0 Å². The lowest BCUT2D eigenvalue weighted by Crippen LogP contribution is -1.98. The van der Waals surface area contributed by atoms with E-state index in [2.05, 4.69) is 16.3 Å². The summed E-state index contributed by atoms with van der Waals surface area (Å²) < 4.78 is 11.1. The molecule has 24 heavy (non-hydrogen) atoms. The summed E-state index contributed by atoms with van der Waals surface area (Å²) in [6.07, 6.45) is 1.63. The largest absolute Gasteiger partial charge is 0.490 e. The van der Waals surface area contributed by atoms with Gasteiger partial charge in [0.25, 0.3) is 0 Å². The van der Waals surface area contributed by atoms with E-state index in [0.29, 0.717) is 30.4 Å². The number of H-pyrrole nitrogens is 1. The van der Waals surface area contributed by atoms with Crippen LogP contribution in [0.4, 0.5) is 5.82 Å². The Morgan fingerprint density at radius 2 is 1.96 bits per heavy atom. The fourth-order valence-electron chi connectivity index (χ4n) is 2.15. The van der Waals surface area contributed by atoms with Crippen LogP contribution in [0.15, 0.2) is 18.2 Å². The number of benzene rings is 1.